The highest BCUT2D eigenvalue weighted by atomic mass is 35.5. The first-order chi connectivity index (χ1) is 11.9. The van der Waals surface area contributed by atoms with E-state index in [4.69, 9.17) is 27.6 Å². The van der Waals surface area contributed by atoms with Gasteiger partial charge in [-0.2, -0.15) is 0 Å². The molecule has 1 heterocycles. The lowest BCUT2D eigenvalue weighted by Gasteiger charge is -2.18. The van der Waals surface area contributed by atoms with E-state index in [0.29, 0.717) is 15.7 Å². The number of likely N-dealkylation sites (N-methyl/N-ethyl adjacent to an activating group) is 1. The van der Waals surface area contributed by atoms with Crippen LogP contribution in [0.3, 0.4) is 0 Å². The molecule has 1 aromatic heterocycles. The Balaban J connectivity index is 1.79. The zero-order valence-electron chi connectivity index (χ0n) is 13.9. The van der Waals surface area contributed by atoms with Gasteiger partial charge in [0.05, 0.1) is 35.4 Å². The molecule has 0 spiro atoms. The Morgan fingerprint density at radius 2 is 2.00 bits per heavy atom. The molecule has 8 heteroatoms. The molecule has 1 aromatic carbocycles. The first kappa shape index (κ1) is 19.3. The fraction of sp³-hybridized carbons (Fsp3) is 0.294. The monoisotopic (exact) mass is 383 g/mol. The SMILES string of the molecule is C[C@@H](NCC(=O)N(C)CC(=O)Nc1ccc(Cl)c(Cl)c1)c1ccco1. The standard InChI is InChI=1S/C17H19Cl2N3O3/c1-11(15-4-3-7-25-15)20-9-17(24)22(2)10-16(23)21-12-5-6-13(18)14(19)8-12/h3-8,11,20H,9-10H2,1-2H3,(H,21,23)/t11-/m1/s1. The molecular formula is C17H19Cl2N3O3. The average molecular weight is 384 g/mol. The number of halogens is 2. The second-order valence-corrected chi connectivity index (χ2v) is 6.36. The van der Waals surface area contributed by atoms with Crippen molar-refractivity contribution in [2.24, 2.45) is 0 Å². The van der Waals surface area contributed by atoms with Gasteiger partial charge in [0.25, 0.3) is 0 Å². The lowest BCUT2D eigenvalue weighted by molar-refractivity contribution is -0.132. The van der Waals surface area contributed by atoms with Crippen LogP contribution >= 0.6 is 23.2 Å². The van der Waals surface area contributed by atoms with Crippen molar-refractivity contribution >= 4 is 40.7 Å². The number of carbonyl (C=O) groups is 2. The summed E-state index contributed by atoms with van der Waals surface area (Å²) in [6.45, 7) is 1.91. The molecule has 134 valence electrons. The summed E-state index contributed by atoms with van der Waals surface area (Å²) in [5, 5.41) is 6.48. The molecule has 2 aromatic rings. The van der Waals surface area contributed by atoms with Gasteiger partial charge >= 0.3 is 0 Å². The summed E-state index contributed by atoms with van der Waals surface area (Å²) in [6, 6.07) is 8.30. The number of hydrogen-bond donors (Lipinski definition) is 2. The number of anilines is 1. The van der Waals surface area contributed by atoms with Crippen LogP contribution in [-0.4, -0.2) is 36.9 Å². The van der Waals surface area contributed by atoms with E-state index < -0.39 is 0 Å². The lowest BCUT2D eigenvalue weighted by atomic mass is 10.2. The molecule has 0 radical (unpaired) electrons. The average Bonchev–Trinajstić information content (AvgIpc) is 3.10. The van der Waals surface area contributed by atoms with E-state index in [1.165, 1.54) is 4.90 Å². The zero-order chi connectivity index (χ0) is 18.4. The second-order valence-electron chi connectivity index (χ2n) is 5.54. The topological polar surface area (TPSA) is 74.6 Å². The highest BCUT2D eigenvalue weighted by Gasteiger charge is 2.15. The number of furan rings is 1. The minimum atomic E-state index is -0.326. The normalized spacial score (nSPS) is 11.8. The summed E-state index contributed by atoms with van der Waals surface area (Å²) in [7, 11) is 1.57. The van der Waals surface area contributed by atoms with Crippen molar-refractivity contribution in [2.45, 2.75) is 13.0 Å². The van der Waals surface area contributed by atoms with Crippen molar-refractivity contribution in [1.29, 1.82) is 0 Å². The van der Waals surface area contributed by atoms with Crippen LogP contribution < -0.4 is 10.6 Å². The lowest BCUT2D eigenvalue weighted by Crippen LogP contribution is -2.40. The van der Waals surface area contributed by atoms with Crippen LogP contribution in [0.4, 0.5) is 5.69 Å². The Morgan fingerprint density at radius 1 is 1.24 bits per heavy atom. The van der Waals surface area contributed by atoms with Crippen molar-refractivity contribution in [1.82, 2.24) is 10.2 Å². The molecule has 2 N–H and O–H groups in total. The summed E-state index contributed by atoms with van der Waals surface area (Å²) in [5.74, 6) is 0.212. The van der Waals surface area contributed by atoms with E-state index in [1.807, 2.05) is 13.0 Å². The number of nitrogens with one attached hydrogen (secondary N) is 2. The molecule has 0 unspecified atom stereocenters. The van der Waals surface area contributed by atoms with Crippen LogP contribution in [0.1, 0.15) is 18.7 Å². The predicted molar refractivity (Wildman–Crippen MR) is 97.9 cm³/mol. The molecule has 2 amide bonds. The van der Waals surface area contributed by atoms with Crippen molar-refractivity contribution < 1.29 is 14.0 Å². The quantitative estimate of drug-likeness (QED) is 0.768. The minimum absolute atomic E-state index is 0.0735. The summed E-state index contributed by atoms with van der Waals surface area (Å²) in [4.78, 5) is 25.5. The molecule has 2 rings (SSSR count). The van der Waals surface area contributed by atoms with Gasteiger partial charge in [0.1, 0.15) is 5.76 Å². The van der Waals surface area contributed by atoms with Crippen LogP contribution in [-0.2, 0) is 9.59 Å². The van der Waals surface area contributed by atoms with E-state index >= 15 is 0 Å². The van der Waals surface area contributed by atoms with Gasteiger partial charge in [-0.05, 0) is 37.3 Å². The van der Waals surface area contributed by atoms with Crippen LogP contribution in [0, 0.1) is 0 Å². The summed E-state index contributed by atoms with van der Waals surface area (Å²) < 4.78 is 5.27. The Labute approximate surface area is 156 Å². The molecule has 0 saturated heterocycles. The summed E-state index contributed by atoms with van der Waals surface area (Å²) in [6.07, 6.45) is 1.58. The first-order valence-electron chi connectivity index (χ1n) is 7.62. The fourth-order valence-corrected chi connectivity index (χ4v) is 2.39. The third kappa shape index (κ3) is 5.77. The van der Waals surface area contributed by atoms with Gasteiger partial charge in [0, 0.05) is 12.7 Å². The predicted octanol–water partition coefficient (Wildman–Crippen LogP) is 3.33. The Hall–Kier alpha value is -2.02. The van der Waals surface area contributed by atoms with Crippen molar-refractivity contribution in [3.8, 4) is 0 Å². The van der Waals surface area contributed by atoms with Gasteiger partial charge in [-0.3, -0.25) is 14.9 Å². The number of nitrogens with zero attached hydrogens (tertiary/aromatic N) is 1. The third-order valence-corrected chi connectivity index (χ3v) is 4.28. The van der Waals surface area contributed by atoms with Crippen LogP contribution in [0.2, 0.25) is 10.0 Å². The number of carbonyl (C=O) groups excluding carboxylic acids is 2. The van der Waals surface area contributed by atoms with Crippen molar-refractivity contribution in [3.05, 3.63) is 52.4 Å². The van der Waals surface area contributed by atoms with Gasteiger partial charge in [0.15, 0.2) is 0 Å². The fourth-order valence-electron chi connectivity index (χ4n) is 2.09. The third-order valence-electron chi connectivity index (χ3n) is 3.54. The van der Waals surface area contributed by atoms with Crippen molar-refractivity contribution in [3.63, 3.8) is 0 Å². The maximum Gasteiger partial charge on any atom is 0.243 e. The van der Waals surface area contributed by atoms with E-state index in [2.05, 4.69) is 10.6 Å². The van der Waals surface area contributed by atoms with Gasteiger partial charge in [-0.15, -0.1) is 0 Å². The highest BCUT2D eigenvalue weighted by molar-refractivity contribution is 6.42. The van der Waals surface area contributed by atoms with Crippen LogP contribution in [0.5, 0.6) is 0 Å². The Bertz CT molecular complexity index is 735. The smallest absolute Gasteiger partial charge is 0.243 e. The molecule has 1 atom stereocenters. The van der Waals surface area contributed by atoms with E-state index in [9.17, 15) is 9.59 Å². The summed E-state index contributed by atoms with van der Waals surface area (Å²) in [5.41, 5.74) is 0.518. The molecule has 25 heavy (non-hydrogen) atoms. The molecule has 0 aliphatic heterocycles. The number of benzene rings is 1. The molecule has 0 aliphatic rings. The molecule has 0 saturated carbocycles. The summed E-state index contributed by atoms with van der Waals surface area (Å²) >= 11 is 11.7. The Morgan fingerprint density at radius 3 is 2.64 bits per heavy atom. The largest absolute Gasteiger partial charge is 0.468 e. The van der Waals surface area contributed by atoms with Crippen LogP contribution in [0.15, 0.2) is 41.0 Å². The highest BCUT2D eigenvalue weighted by Crippen LogP contribution is 2.24. The van der Waals surface area contributed by atoms with Crippen LogP contribution in [0.25, 0.3) is 0 Å². The number of hydrogen-bond acceptors (Lipinski definition) is 4. The number of amides is 2. The van der Waals surface area contributed by atoms with Gasteiger partial charge in [-0.1, -0.05) is 23.2 Å². The molecule has 0 bridgehead atoms. The molecular weight excluding hydrogens is 365 g/mol. The Kier molecular flexibility index (Phi) is 6.87. The molecule has 6 nitrogen and oxygen atoms in total. The van der Waals surface area contributed by atoms with Gasteiger partial charge in [-0.25, -0.2) is 0 Å². The van der Waals surface area contributed by atoms with Crippen molar-refractivity contribution in [2.75, 3.05) is 25.5 Å². The van der Waals surface area contributed by atoms with Gasteiger partial charge in [0.2, 0.25) is 11.8 Å². The first-order valence-corrected chi connectivity index (χ1v) is 8.38. The second kappa shape index (κ2) is 8.89. The van der Waals surface area contributed by atoms with Gasteiger partial charge < -0.3 is 14.6 Å². The zero-order valence-corrected chi connectivity index (χ0v) is 15.4. The number of rotatable bonds is 7. The maximum absolute atomic E-state index is 12.1. The molecule has 0 fully saturated rings. The minimum Gasteiger partial charge on any atom is -0.468 e. The van der Waals surface area contributed by atoms with E-state index in [1.54, 1.807) is 37.6 Å². The van der Waals surface area contributed by atoms with E-state index in [0.717, 1.165) is 5.76 Å². The van der Waals surface area contributed by atoms with E-state index in [-0.39, 0.29) is 30.9 Å². The maximum atomic E-state index is 12.1. The molecule has 0 aliphatic carbocycles.